The number of phenols is 1. The van der Waals surface area contributed by atoms with Gasteiger partial charge >= 0.3 is 5.97 Å². The van der Waals surface area contributed by atoms with Crippen LogP contribution in [0.1, 0.15) is 41.8 Å². The molecule has 0 spiro atoms. The highest BCUT2D eigenvalue weighted by molar-refractivity contribution is 6.31. The van der Waals surface area contributed by atoms with Gasteiger partial charge in [-0.25, -0.2) is 4.79 Å². The molecule has 6 nitrogen and oxygen atoms in total. The summed E-state index contributed by atoms with van der Waals surface area (Å²) in [6.45, 7) is -0.166. The number of nitrogens with zero attached hydrogens (tertiary/aromatic N) is 1. The van der Waals surface area contributed by atoms with Crippen molar-refractivity contribution in [3.63, 3.8) is 0 Å². The van der Waals surface area contributed by atoms with Crippen LogP contribution in [0.2, 0.25) is 5.02 Å². The second-order valence-corrected chi connectivity index (χ2v) is 6.67. The molecule has 0 aliphatic heterocycles. The Morgan fingerprint density at radius 1 is 1.26 bits per heavy atom. The summed E-state index contributed by atoms with van der Waals surface area (Å²) < 4.78 is 10.5. The highest BCUT2D eigenvalue weighted by atomic mass is 35.5. The SMILES string of the molecule is O=C(OCC(=O)N(Cc1ccco1)C1=CCCCC1)c1cc(Cl)ccc1O. The van der Waals surface area contributed by atoms with Gasteiger partial charge in [0.05, 0.1) is 12.8 Å². The highest BCUT2D eigenvalue weighted by Gasteiger charge is 2.23. The van der Waals surface area contributed by atoms with Gasteiger partial charge in [0.25, 0.3) is 5.91 Å². The minimum atomic E-state index is -0.807. The minimum absolute atomic E-state index is 0.0789. The smallest absolute Gasteiger partial charge is 0.342 e. The van der Waals surface area contributed by atoms with E-state index in [0.29, 0.717) is 5.76 Å². The molecule has 142 valence electrons. The Kier molecular flexibility index (Phi) is 6.19. The van der Waals surface area contributed by atoms with Gasteiger partial charge in [-0.05, 0) is 56.0 Å². The average Bonchev–Trinajstić information content (AvgIpc) is 3.20. The third-order valence-electron chi connectivity index (χ3n) is 4.31. The van der Waals surface area contributed by atoms with Crippen molar-refractivity contribution in [2.24, 2.45) is 0 Å². The Bertz CT molecular complexity index is 844. The van der Waals surface area contributed by atoms with Crippen LogP contribution < -0.4 is 0 Å². The molecule has 1 aromatic carbocycles. The van der Waals surface area contributed by atoms with Crippen LogP contribution in [0.25, 0.3) is 0 Å². The first-order chi connectivity index (χ1) is 13.0. The van der Waals surface area contributed by atoms with Gasteiger partial charge in [0.2, 0.25) is 0 Å². The second kappa shape index (κ2) is 8.77. The third kappa shape index (κ3) is 4.92. The van der Waals surface area contributed by atoms with Crippen LogP contribution in [0.15, 0.2) is 52.8 Å². The van der Waals surface area contributed by atoms with E-state index < -0.39 is 12.6 Å². The van der Waals surface area contributed by atoms with E-state index in [1.807, 2.05) is 6.08 Å². The molecule has 0 bridgehead atoms. The van der Waals surface area contributed by atoms with Gasteiger partial charge in [-0.3, -0.25) is 4.79 Å². The quantitative estimate of drug-likeness (QED) is 0.746. The van der Waals surface area contributed by atoms with Gasteiger partial charge < -0.3 is 19.2 Å². The van der Waals surface area contributed by atoms with Crippen LogP contribution in [0, 0.1) is 0 Å². The molecule has 1 amide bonds. The number of hydrogen-bond acceptors (Lipinski definition) is 5. The topological polar surface area (TPSA) is 80.0 Å². The molecule has 1 heterocycles. The van der Waals surface area contributed by atoms with Gasteiger partial charge in [-0.1, -0.05) is 17.7 Å². The van der Waals surface area contributed by atoms with Gasteiger partial charge in [0, 0.05) is 10.7 Å². The van der Waals surface area contributed by atoms with Crippen molar-refractivity contribution in [1.82, 2.24) is 4.90 Å². The maximum atomic E-state index is 12.7. The van der Waals surface area contributed by atoms with Gasteiger partial charge in [0.1, 0.15) is 17.1 Å². The molecule has 0 saturated heterocycles. The monoisotopic (exact) mass is 389 g/mol. The van der Waals surface area contributed by atoms with Gasteiger partial charge in [-0.2, -0.15) is 0 Å². The predicted molar refractivity (Wildman–Crippen MR) is 99.2 cm³/mol. The number of amides is 1. The average molecular weight is 390 g/mol. The third-order valence-corrected chi connectivity index (χ3v) is 4.55. The Morgan fingerprint density at radius 2 is 2.11 bits per heavy atom. The summed E-state index contributed by atoms with van der Waals surface area (Å²) >= 11 is 5.84. The van der Waals surface area contributed by atoms with E-state index in [9.17, 15) is 14.7 Å². The lowest BCUT2D eigenvalue weighted by Crippen LogP contribution is -2.34. The molecule has 1 aliphatic rings. The van der Waals surface area contributed by atoms with E-state index in [4.69, 9.17) is 20.8 Å². The lowest BCUT2D eigenvalue weighted by molar-refractivity contribution is -0.133. The summed E-state index contributed by atoms with van der Waals surface area (Å²) in [5.41, 5.74) is 0.828. The first kappa shape index (κ1) is 19.0. The molecule has 27 heavy (non-hydrogen) atoms. The molecular weight excluding hydrogens is 370 g/mol. The molecule has 0 unspecified atom stereocenters. The Balaban J connectivity index is 1.69. The summed E-state index contributed by atoms with van der Waals surface area (Å²) in [5.74, 6) is -0.763. The predicted octanol–water partition coefficient (Wildman–Crippen LogP) is 4.28. The van der Waals surface area contributed by atoms with E-state index in [1.165, 1.54) is 18.2 Å². The maximum Gasteiger partial charge on any atom is 0.342 e. The van der Waals surface area contributed by atoms with Crippen LogP contribution in [0.5, 0.6) is 5.75 Å². The molecule has 3 rings (SSSR count). The first-order valence-corrected chi connectivity index (χ1v) is 9.10. The van der Waals surface area contributed by atoms with Crippen LogP contribution in [0.3, 0.4) is 0 Å². The van der Waals surface area contributed by atoms with Crippen molar-refractivity contribution in [2.75, 3.05) is 6.61 Å². The van der Waals surface area contributed by atoms with Crippen molar-refractivity contribution >= 4 is 23.5 Å². The number of allylic oxidation sites excluding steroid dienone is 2. The number of furan rings is 1. The van der Waals surface area contributed by atoms with Crippen LogP contribution >= 0.6 is 11.6 Å². The molecule has 1 aromatic heterocycles. The second-order valence-electron chi connectivity index (χ2n) is 6.24. The standard InChI is InChI=1S/C20H20ClNO5/c21-14-8-9-18(23)17(11-14)20(25)27-13-19(24)22(12-16-7-4-10-26-16)15-5-2-1-3-6-15/h4-5,7-11,23H,1-3,6,12-13H2. The summed E-state index contributed by atoms with van der Waals surface area (Å²) in [7, 11) is 0. The molecule has 7 heteroatoms. The minimum Gasteiger partial charge on any atom is -0.507 e. The zero-order valence-corrected chi connectivity index (χ0v) is 15.4. The Morgan fingerprint density at radius 3 is 2.81 bits per heavy atom. The molecule has 1 aliphatic carbocycles. The van der Waals surface area contributed by atoms with E-state index in [-0.39, 0.29) is 28.8 Å². The molecule has 1 N–H and O–H groups in total. The van der Waals surface area contributed by atoms with Gasteiger partial charge in [0.15, 0.2) is 6.61 Å². The van der Waals surface area contributed by atoms with Crippen molar-refractivity contribution in [1.29, 1.82) is 0 Å². The number of rotatable bonds is 6. The normalized spacial score (nSPS) is 13.7. The first-order valence-electron chi connectivity index (χ1n) is 8.72. The molecule has 2 aromatic rings. The molecule has 0 radical (unpaired) electrons. The van der Waals surface area contributed by atoms with Crippen LogP contribution in [-0.2, 0) is 16.1 Å². The summed E-state index contributed by atoms with van der Waals surface area (Å²) in [4.78, 5) is 26.5. The zero-order chi connectivity index (χ0) is 19.2. The van der Waals surface area contributed by atoms with Crippen molar-refractivity contribution in [3.05, 3.63) is 64.7 Å². The number of carbonyl (C=O) groups excluding carboxylic acids is 2. The number of aromatic hydroxyl groups is 1. The molecular formula is C20H20ClNO5. The number of ether oxygens (including phenoxy) is 1. The fraction of sp³-hybridized carbons (Fsp3) is 0.300. The maximum absolute atomic E-state index is 12.7. The molecule has 0 saturated carbocycles. The van der Waals surface area contributed by atoms with E-state index in [0.717, 1.165) is 31.4 Å². The molecule has 0 atom stereocenters. The lowest BCUT2D eigenvalue weighted by Gasteiger charge is -2.27. The largest absolute Gasteiger partial charge is 0.507 e. The van der Waals surface area contributed by atoms with Crippen molar-refractivity contribution < 1.29 is 23.8 Å². The fourth-order valence-corrected chi connectivity index (χ4v) is 3.10. The van der Waals surface area contributed by atoms with E-state index in [2.05, 4.69) is 0 Å². The van der Waals surface area contributed by atoms with Crippen molar-refractivity contribution in [2.45, 2.75) is 32.2 Å². The number of carbonyl (C=O) groups is 2. The van der Waals surface area contributed by atoms with Crippen LogP contribution in [-0.4, -0.2) is 28.5 Å². The summed E-state index contributed by atoms with van der Waals surface area (Å²) in [6.07, 6.45) is 7.38. The summed E-state index contributed by atoms with van der Waals surface area (Å²) in [6, 6.07) is 7.61. The fourth-order valence-electron chi connectivity index (χ4n) is 2.93. The number of esters is 1. The number of halogens is 1. The number of phenolic OH excluding ortho intramolecular Hbond substituents is 1. The number of hydrogen-bond donors (Lipinski definition) is 1. The van der Waals surface area contributed by atoms with E-state index >= 15 is 0 Å². The molecule has 0 fully saturated rings. The Labute approximate surface area is 162 Å². The van der Waals surface area contributed by atoms with Crippen molar-refractivity contribution in [3.8, 4) is 5.75 Å². The van der Waals surface area contributed by atoms with Crippen LogP contribution in [0.4, 0.5) is 0 Å². The lowest BCUT2D eigenvalue weighted by atomic mass is 10.0. The number of benzene rings is 1. The van der Waals surface area contributed by atoms with Gasteiger partial charge in [-0.15, -0.1) is 0 Å². The zero-order valence-electron chi connectivity index (χ0n) is 14.7. The van der Waals surface area contributed by atoms with E-state index in [1.54, 1.807) is 23.3 Å². The highest BCUT2D eigenvalue weighted by Crippen LogP contribution is 2.24. The Hall–Kier alpha value is -2.73. The summed E-state index contributed by atoms with van der Waals surface area (Å²) in [5, 5.41) is 10.1.